The Morgan fingerprint density at radius 3 is 2.62 bits per heavy atom. The normalized spacial score (nSPS) is 11.4. The molecule has 3 nitrogen and oxygen atoms in total. The third-order valence-electron chi connectivity index (χ3n) is 2.84. The molecule has 0 aliphatic carbocycles. The van der Waals surface area contributed by atoms with Crippen LogP contribution in [0.15, 0.2) is 38.1 Å². The van der Waals surface area contributed by atoms with Crippen molar-refractivity contribution in [2.45, 2.75) is 13.8 Å². The van der Waals surface area contributed by atoms with Crippen LogP contribution in [0.5, 0.6) is 0 Å². The Balaban J connectivity index is 2.69. The van der Waals surface area contributed by atoms with Crippen molar-refractivity contribution >= 4 is 21.9 Å². The number of fused-ring (bicyclic) bond motifs is 3. The maximum absolute atomic E-state index is 11.4. The monoisotopic (exact) mass is 214 g/mol. The number of hydrogen-bond acceptors (Lipinski definition) is 3. The molecule has 3 aromatic rings. The van der Waals surface area contributed by atoms with E-state index in [4.69, 9.17) is 8.83 Å². The average Bonchev–Trinajstić information content (AvgIpc) is 2.69. The fraction of sp³-hybridized carbons (Fsp3) is 0.154. The van der Waals surface area contributed by atoms with Gasteiger partial charge < -0.3 is 8.83 Å². The highest BCUT2D eigenvalue weighted by atomic mass is 16.4. The van der Waals surface area contributed by atoms with E-state index in [1.807, 2.05) is 26.0 Å². The van der Waals surface area contributed by atoms with E-state index in [2.05, 4.69) is 0 Å². The summed E-state index contributed by atoms with van der Waals surface area (Å²) in [6.07, 6.45) is 1.61. The molecule has 16 heavy (non-hydrogen) atoms. The molecule has 0 saturated heterocycles. The predicted octanol–water partition coefficient (Wildman–Crippen LogP) is 3.16. The van der Waals surface area contributed by atoms with E-state index in [9.17, 15) is 4.79 Å². The minimum atomic E-state index is -0.323. The molecule has 3 heteroatoms. The van der Waals surface area contributed by atoms with Crippen molar-refractivity contribution in [3.63, 3.8) is 0 Å². The van der Waals surface area contributed by atoms with Gasteiger partial charge in [0, 0.05) is 11.5 Å². The summed E-state index contributed by atoms with van der Waals surface area (Å²) in [5, 5.41) is 1.82. The molecule has 2 heterocycles. The number of furan rings is 1. The second-order valence-corrected chi connectivity index (χ2v) is 3.98. The Morgan fingerprint density at radius 1 is 1.00 bits per heavy atom. The predicted molar refractivity (Wildman–Crippen MR) is 61.7 cm³/mol. The highest BCUT2D eigenvalue weighted by molar-refractivity contribution is 6.04. The lowest BCUT2D eigenvalue weighted by molar-refractivity contribution is 0.562. The topological polar surface area (TPSA) is 43.4 Å². The third-order valence-corrected chi connectivity index (χ3v) is 2.84. The van der Waals surface area contributed by atoms with E-state index in [0.29, 0.717) is 5.58 Å². The average molecular weight is 214 g/mol. The number of rotatable bonds is 0. The van der Waals surface area contributed by atoms with E-state index in [0.717, 1.165) is 27.5 Å². The number of aryl methyl sites for hydroxylation is 2. The molecule has 80 valence electrons. The van der Waals surface area contributed by atoms with Gasteiger partial charge in [-0.15, -0.1) is 0 Å². The molecule has 3 rings (SSSR count). The lowest BCUT2D eigenvalue weighted by Crippen LogP contribution is -1.98. The molecule has 0 saturated carbocycles. The summed E-state index contributed by atoms with van der Waals surface area (Å²) in [4.78, 5) is 11.4. The van der Waals surface area contributed by atoms with E-state index in [1.165, 1.54) is 6.07 Å². The van der Waals surface area contributed by atoms with E-state index in [1.54, 1.807) is 6.26 Å². The van der Waals surface area contributed by atoms with Crippen molar-refractivity contribution in [1.82, 2.24) is 0 Å². The van der Waals surface area contributed by atoms with Gasteiger partial charge in [0.25, 0.3) is 0 Å². The van der Waals surface area contributed by atoms with Gasteiger partial charge in [0.1, 0.15) is 11.2 Å². The zero-order chi connectivity index (χ0) is 11.3. The molecule has 0 aliphatic rings. The highest BCUT2D eigenvalue weighted by Crippen LogP contribution is 2.29. The molecular formula is C13H10O3. The zero-order valence-electron chi connectivity index (χ0n) is 9.03. The Labute approximate surface area is 91.3 Å². The van der Waals surface area contributed by atoms with Crippen molar-refractivity contribution in [2.24, 2.45) is 0 Å². The number of hydrogen-bond donors (Lipinski definition) is 0. The summed E-state index contributed by atoms with van der Waals surface area (Å²) < 4.78 is 10.6. The Bertz CT molecular complexity index is 747. The Kier molecular flexibility index (Phi) is 1.72. The first-order valence-electron chi connectivity index (χ1n) is 5.08. The molecular weight excluding hydrogens is 204 g/mol. The maximum Gasteiger partial charge on any atom is 0.336 e. The third kappa shape index (κ3) is 1.11. The largest absolute Gasteiger partial charge is 0.464 e. The van der Waals surface area contributed by atoms with Crippen molar-refractivity contribution < 1.29 is 8.83 Å². The molecule has 0 unspecified atom stereocenters. The van der Waals surface area contributed by atoms with Gasteiger partial charge >= 0.3 is 5.63 Å². The molecule has 0 amide bonds. The molecule has 1 aromatic carbocycles. The summed E-state index contributed by atoms with van der Waals surface area (Å²) in [5.74, 6) is 0. The SMILES string of the molecule is Cc1cc(=O)oc2c1cc(C)c1occc12. The van der Waals surface area contributed by atoms with Crippen LogP contribution in [0.3, 0.4) is 0 Å². The molecule has 2 aromatic heterocycles. The van der Waals surface area contributed by atoms with Crippen molar-refractivity contribution in [3.8, 4) is 0 Å². The van der Waals surface area contributed by atoms with Gasteiger partial charge in [-0.05, 0) is 37.1 Å². The minimum Gasteiger partial charge on any atom is -0.464 e. The van der Waals surface area contributed by atoms with Crippen LogP contribution in [0.4, 0.5) is 0 Å². The molecule has 0 fully saturated rings. The van der Waals surface area contributed by atoms with Crippen LogP contribution in [-0.4, -0.2) is 0 Å². The highest BCUT2D eigenvalue weighted by Gasteiger charge is 2.10. The van der Waals surface area contributed by atoms with Gasteiger partial charge in [-0.3, -0.25) is 0 Å². The van der Waals surface area contributed by atoms with Crippen molar-refractivity contribution in [2.75, 3.05) is 0 Å². The van der Waals surface area contributed by atoms with Crippen molar-refractivity contribution in [3.05, 3.63) is 46.0 Å². The van der Waals surface area contributed by atoms with Crippen LogP contribution in [-0.2, 0) is 0 Å². The van der Waals surface area contributed by atoms with Crippen molar-refractivity contribution in [1.29, 1.82) is 0 Å². The summed E-state index contributed by atoms with van der Waals surface area (Å²) >= 11 is 0. The van der Waals surface area contributed by atoms with Crippen LogP contribution in [0, 0.1) is 13.8 Å². The van der Waals surface area contributed by atoms with Gasteiger partial charge in [-0.2, -0.15) is 0 Å². The Morgan fingerprint density at radius 2 is 1.81 bits per heavy atom. The lowest BCUT2D eigenvalue weighted by Gasteiger charge is -2.03. The quantitative estimate of drug-likeness (QED) is 0.540. The van der Waals surface area contributed by atoms with E-state index < -0.39 is 0 Å². The molecule has 0 bridgehead atoms. The first-order chi connectivity index (χ1) is 7.66. The molecule has 0 radical (unpaired) electrons. The second-order valence-electron chi connectivity index (χ2n) is 3.98. The van der Waals surface area contributed by atoms with E-state index in [-0.39, 0.29) is 5.63 Å². The van der Waals surface area contributed by atoms with Crippen LogP contribution < -0.4 is 5.63 Å². The number of benzene rings is 1. The first-order valence-corrected chi connectivity index (χ1v) is 5.08. The van der Waals surface area contributed by atoms with Crippen LogP contribution >= 0.6 is 0 Å². The summed E-state index contributed by atoms with van der Waals surface area (Å²) in [7, 11) is 0. The van der Waals surface area contributed by atoms with Gasteiger partial charge in [0.15, 0.2) is 0 Å². The molecule has 0 spiro atoms. The fourth-order valence-electron chi connectivity index (χ4n) is 2.07. The smallest absolute Gasteiger partial charge is 0.336 e. The summed E-state index contributed by atoms with van der Waals surface area (Å²) in [5.41, 5.74) is 3.04. The van der Waals surface area contributed by atoms with Gasteiger partial charge in [0.2, 0.25) is 0 Å². The van der Waals surface area contributed by atoms with Crippen LogP contribution in [0.25, 0.3) is 21.9 Å². The maximum atomic E-state index is 11.4. The molecule has 0 atom stereocenters. The molecule has 0 N–H and O–H groups in total. The van der Waals surface area contributed by atoms with E-state index >= 15 is 0 Å². The zero-order valence-corrected chi connectivity index (χ0v) is 9.03. The van der Waals surface area contributed by atoms with Gasteiger partial charge in [0.05, 0.1) is 11.6 Å². The Hall–Kier alpha value is -2.03. The van der Waals surface area contributed by atoms with Gasteiger partial charge in [-0.1, -0.05) is 0 Å². The second kappa shape index (κ2) is 2.98. The van der Waals surface area contributed by atoms with Crippen LogP contribution in [0.1, 0.15) is 11.1 Å². The first kappa shape index (κ1) is 9.21. The minimum absolute atomic E-state index is 0.323. The summed E-state index contributed by atoms with van der Waals surface area (Å²) in [6, 6.07) is 5.32. The summed E-state index contributed by atoms with van der Waals surface area (Å²) in [6.45, 7) is 3.89. The fourth-order valence-corrected chi connectivity index (χ4v) is 2.07. The standard InChI is InChI=1S/C13H10O3/c1-7-6-11(14)16-13-9-3-4-15-12(9)8(2)5-10(7)13/h3-6H,1-2H3. The van der Waals surface area contributed by atoms with Crippen LogP contribution in [0.2, 0.25) is 0 Å². The van der Waals surface area contributed by atoms with Gasteiger partial charge in [-0.25, -0.2) is 4.79 Å². The molecule has 0 aliphatic heterocycles. The lowest BCUT2D eigenvalue weighted by atomic mass is 10.1.